The van der Waals surface area contributed by atoms with E-state index in [9.17, 15) is 14.3 Å². The van der Waals surface area contributed by atoms with Crippen LogP contribution in [0.1, 0.15) is 49.0 Å². The number of aliphatic hydroxyl groups is 1. The number of fused-ring (bicyclic) bond motifs is 1. The summed E-state index contributed by atoms with van der Waals surface area (Å²) in [5.41, 5.74) is -1.60. The molecule has 2 unspecified atom stereocenters. The molecule has 0 radical (unpaired) electrons. The highest BCUT2D eigenvalue weighted by Gasteiger charge is 2.37. The monoisotopic (exact) mass is 292 g/mol. The maximum Gasteiger partial charge on any atom is 0.232 e. The average Bonchev–Trinajstić information content (AvgIpc) is 2.95. The van der Waals surface area contributed by atoms with Crippen LogP contribution >= 0.6 is 0 Å². The van der Waals surface area contributed by atoms with Crippen molar-refractivity contribution in [3.05, 3.63) is 36.5 Å². The van der Waals surface area contributed by atoms with Crippen molar-refractivity contribution in [3.8, 4) is 0 Å². The highest BCUT2D eigenvalue weighted by Crippen LogP contribution is 2.36. The minimum absolute atomic E-state index is 0.0671. The maximum atomic E-state index is 13.9. The molecule has 2 atom stereocenters. The van der Waals surface area contributed by atoms with E-state index >= 15 is 0 Å². The Kier molecular flexibility index (Phi) is 4.13. The quantitative estimate of drug-likeness (QED) is 0.511. The number of rotatable bonds is 5. The van der Waals surface area contributed by atoms with Gasteiger partial charge in [0, 0.05) is 12.6 Å². The van der Waals surface area contributed by atoms with Crippen molar-refractivity contribution in [2.75, 3.05) is 0 Å². The van der Waals surface area contributed by atoms with E-state index in [0.717, 1.165) is 0 Å². The molecule has 0 fully saturated rings. The topological polar surface area (TPSA) is 80.4 Å². The Morgan fingerprint density at radius 3 is 2.90 bits per heavy atom. The third kappa shape index (κ3) is 3.13. The van der Waals surface area contributed by atoms with Crippen molar-refractivity contribution in [3.63, 3.8) is 0 Å². The normalized spacial score (nSPS) is 22.1. The number of aliphatic imine (C=N–C) groups is 1. The summed E-state index contributed by atoms with van der Waals surface area (Å²) in [5, 5.41) is 13.7. The van der Waals surface area contributed by atoms with Gasteiger partial charge in [-0.3, -0.25) is 9.79 Å². The Morgan fingerprint density at radius 1 is 1.57 bits per heavy atom. The van der Waals surface area contributed by atoms with Gasteiger partial charge in [-0.1, -0.05) is 18.7 Å². The van der Waals surface area contributed by atoms with Gasteiger partial charge in [0.1, 0.15) is 11.8 Å². The maximum absolute atomic E-state index is 13.9. The van der Waals surface area contributed by atoms with Gasteiger partial charge >= 0.3 is 0 Å². The standard InChI is InChI=1S/C14H17FN4O2/c1-4-5-6-7-16-10-8-9(15)13-17-12(18-19(10)13)11(20)14(2,3)21/h4-7,9-10,21H,1,8H2,2-3H3/b6-5-,16-7+. The molecule has 2 heterocycles. The molecule has 7 heteroatoms. The molecular formula is C14H17FN4O2. The Hall–Kier alpha value is -2.15. The minimum Gasteiger partial charge on any atom is -0.382 e. The van der Waals surface area contributed by atoms with E-state index < -0.39 is 23.7 Å². The number of halogens is 1. The SMILES string of the molecule is C=C/C=C\C=N\C1CC(F)c2nc(C(=O)C(C)(C)O)nn21. The number of hydrogen-bond donors (Lipinski definition) is 1. The molecule has 1 N–H and O–H groups in total. The van der Waals surface area contributed by atoms with Crippen LogP contribution in [0.5, 0.6) is 0 Å². The second-order valence-corrected chi connectivity index (χ2v) is 5.23. The Morgan fingerprint density at radius 2 is 2.29 bits per heavy atom. The van der Waals surface area contributed by atoms with E-state index in [0.29, 0.717) is 0 Å². The summed E-state index contributed by atoms with van der Waals surface area (Å²) in [6, 6.07) is 0. The first-order valence-electron chi connectivity index (χ1n) is 6.53. The largest absolute Gasteiger partial charge is 0.382 e. The number of alkyl halides is 1. The zero-order chi connectivity index (χ0) is 15.6. The summed E-state index contributed by atoms with van der Waals surface area (Å²) >= 11 is 0. The van der Waals surface area contributed by atoms with E-state index in [1.807, 2.05) is 0 Å². The number of nitrogens with zero attached hydrogens (tertiary/aromatic N) is 4. The van der Waals surface area contributed by atoms with Crippen LogP contribution in [0.2, 0.25) is 0 Å². The van der Waals surface area contributed by atoms with Gasteiger partial charge in [0.2, 0.25) is 11.6 Å². The van der Waals surface area contributed by atoms with Crippen molar-refractivity contribution in [2.24, 2.45) is 4.99 Å². The molecule has 1 aromatic rings. The molecule has 1 aliphatic heterocycles. The lowest BCUT2D eigenvalue weighted by molar-refractivity contribution is 0.0475. The van der Waals surface area contributed by atoms with Crippen molar-refractivity contribution < 1.29 is 14.3 Å². The fraction of sp³-hybridized carbons (Fsp3) is 0.429. The molecule has 112 valence electrons. The van der Waals surface area contributed by atoms with E-state index in [1.54, 1.807) is 18.2 Å². The smallest absolute Gasteiger partial charge is 0.232 e. The summed E-state index contributed by atoms with van der Waals surface area (Å²) in [5.74, 6) is -0.773. The van der Waals surface area contributed by atoms with Gasteiger partial charge in [0.15, 0.2) is 12.0 Å². The number of aromatic nitrogens is 3. The van der Waals surface area contributed by atoms with Crippen LogP contribution in [0.4, 0.5) is 4.39 Å². The fourth-order valence-corrected chi connectivity index (χ4v) is 1.93. The Labute approximate surface area is 121 Å². The van der Waals surface area contributed by atoms with Gasteiger partial charge in [-0.15, -0.1) is 5.10 Å². The van der Waals surface area contributed by atoms with E-state index in [-0.39, 0.29) is 18.1 Å². The number of hydrogen-bond acceptors (Lipinski definition) is 5. The van der Waals surface area contributed by atoms with Crippen LogP contribution in [0.3, 0.4) is 0 Å². The van der Waals surface area contributed by atoms with Crippen molar-refractivity contribution in [1.29, 1.82) is 0 Å². The first-order valence-corrected chi connectivity index (χ1v) is 6.53. The molecule has 0 spiro atoms. The van der Waals surface area contributed by atoms with Crippen molar-refractivity contribution >= 4 is 12.0 Å². The highest BCUT2D eigenvalue weighted by molar-refractivity contribution is 5.98. The fourth-order valence-electron chi connectivity index (χ4n) is 1.93. The predicted molar refractivity (Wildman–Crippen MR) is 76.0 cm³/mol. The highest BCUT2D eigenvalue weighted by atomic mass is 19.1. The average molecular weight is 292 g/mol. The third-order valence-corrected chi connectivity index (χ3v) is 2.99. The zero-order valence-electron chi connectivity index (χ0n) is 11.9. The number of allylic oxidation sites excluding steroid dienone is 3. The molecule has 0 amide bonds. The van der Waals surface area contributed by atoms with E-state index in [1.165, 1.54) is 24.7 Å². The third-order valence-electron chi connectivity index (χ3n) is 2.99. The number of ketones is 1. The summed E-state index contributed by atoms with van der Waals surface area (Å²) in [6.45, 7) is 6.20. The van der Waals surface area contributed by atoms with Crippen LogP contribution in [0.25, 0.3) is 0 Å². The second kappa shape index (κ2) is 5.69. The summed E-state index contributed by atoms with van der Waals surface area (Å²) in [7, 11) is 0. The number of Topliss-reactive ketones (excluding diaryl/α,β-unsaturated/α-hetero) is 1. The number of carbonyl (C=O) groups excluding carboxylic acids is 1. The molecule has 1 aliphatic rings. The first-order chi connectivity index (χ1) is 9.84. The van der Waals surface area contributed by atoms with Gasteiger partial charge in [-0.2, -0.15) is 0 Å². The van der Waals surface area contributed by atoms with Crippen LogP contribution in [-0.2, 0) is 0 Å². The predicted octanol–water partition coefficient (Wildman–Crippen LogP) is 1.96. The molecule has 6 nitrogen and oxygen atoms in total. The molecule has 0 bridgehead atoms. The molecule has 0 aromatic carbocycles. The van der Waals surface area contributed by atoms with Crippen molar-refractivity contribution in [1.82, 2.24) is 14.8 Å². The molecule has 1 aromatic heterocycles. The lowest BCUT2D eigenvalue weighted by atomic mass is 10.0. The lowest BCUT2D eigenvalue weighted by Gasteiger charge is -2.12. The number of carbonyl (C=O) groups is 1. The van der Waals surface area contributed by atoms with Crippen molar-refractivity contribution in [2.45, 2.75) is 38.2 Å². The Balaban J connectivity index is 2.27. The molecule has 0 saturated carbocycles. The molecular weight excluding hydrogens is 275 g/mol. The first kappa shape index (κ1) is 15.2. The zero-order valence-corrected chi connectivity index (χ0v) is 11.9. The molecule has 2 rings (SSSR count). The van der Waals surface area contributed by atoms with Crippen LogP contribution < -0.4 is 0 Å². The van der Waals surface area contributed by atoms with Gasteiger partial charge < -0.3 is 5.11 Å². The summed E-state index contributed by atoms with van der Waals surface area (Å²) in [6.07, 6.45) is 4.74. The lowest BCUT2D eigenvalue weighted by Crippen LogP contribution is -2.32. The van der Waals surface area contributed by atoms with Crippen LogP contribution in [0, 0.1) is 0 Å². The minimum atomic E-state index is -1.60. The van der Waals surface area contributed by atoms with E-state index in [2.05, 4.69) is 21.7 Å². The second-order valence-electron chi connectivity index (χ2n) is 5.23. The Bertz CT molecular complexity index is 613. The molecule has 0 saturated heterocycles. The van der Waals surface area contributed by atoms with Crippen LogP contribution in [0.15, 0.2) is 29.8 Å². The van der Waals surface area contributed by atoms with Gasteiger partial charge in [0.25, 0.3) is 0 Å². The summed E-state index contributed by atoms with van der Waals surface area (Å²) < 4.78 is 15.2. The van der Waals surface area contributed by atoms with Gasteiger partial charge in [-0.25, -0.2) is 14.1 Å². The van der Waals surface area contributed by atoms with Gasteiger partial charge in [-0.05, 0) is 19.9 Å². The van der Waals surface area contributed by atoms with Crippen LogP contribution in [-0.4, -0.2) is 37.5 Å². The van der Waals surface area contributed by atoms with Gasteiger partial charge in [0.05, 0.1) is 0 Å². The molecule has 0 aliphatic carbocycles. The summed E-state index contributed by atoms with van der Waals surface area (Å²) in [4.78, 5) is 20.0. The van der Waals surface area contributed by atoms with E-state index in [4.69, 9.17) is 0 Å². The molecule has 21 heavy (non-hydrogen) atoms.